The van der Waals surface area contributed by atoms with E-state index in [0.717, 1.165) is 36.2 Å². The fourth-order valence-electron chi connectivity index (χ4n) is 1.45. The van der Waals surface area contributed by atoms with Gasteiger partial charge in [0.1, 0.15) is 5.01 Å². The first kappa shape index (κ1) is 14.7. The normalized spacial score (nSPS) is 14.5. The second kappa shape index (κ2) is 7.83. The zero-order valence-electron chi connectivity index (χ0n) is 9.73. The molecule has 0 fully saturated rings. The van der Waals surface area contributed by atoms with E-state index in [2.05, 4.69) is 20.6 Å². The molecule has 1 aromatic rings. The zero-order chi connectivity index (χ0) is 11.2. The largest absolute Gasteiger partial charge is 0.378 e. The molecule has 96 valence electrons. The molecule has 0 saturated carbocycles. The number of aliphatic imine (C=N–C) groups is 1. The average Bonchev–Trinajstić information content (AvgIpc) is 2.76. The third-order valence-electron chi connectivity index (χ3n) is 2.20. The number of nitrogens with zero attached hydrogens (tertiary/aromatic N) is 2. The number of thiazole rings is 1. The average molecular weight is 368 g/mol. The van der Waals surface area contributed by atoms with Crippen LogP contribution in [0.3, 0.4) is 0 Å². The molecule has 0 aliphatic carbocycles. The van der Waals surface area contributed by atoms with E-state index in [0.29, 0.717) is 13.2 Å². The van der Waals surface area contributed by atoms with Crippen LogP contribution in [0.5, 0.6) is 0 Å². The first-order chi connectivity index (χ1) is 7.88. The highest BCUT2D eigenvalue weighted by atomic mass is 127. The van der Waals surface area contributed by atoms with Gasteiger partial charge in [0.05, 0.1) is 18.8 Å². The van der Waals surface area contributed by atoms with E-state index < -0.39 is 0 Å². The molecular weight excluding hydrogens is 351 g/mol. The second-order valence-electron chi connectivity index (χ2n) is 3.53. The number of rotatable bonds is 4. The zero-order valence-corrected chi connectivity index (χ0v) is 12.9. The Morgan fingerprint density at radius 3 is 3.18 bits per heavy atom. The van der Waals surface area contributed by atoms with Crippen molar-refractivity contribution in [2.24, 2.45) is 4.99 Å². The predicted molar refractivity (Wildman–Crippen MR) is 80.0 cm³/mol. The van der Waals surface area contributed by atoms with E-state index >= 15 is 0 Å². The number of guanidine groups is 1. The highest BCUT2D eigenvalue weighted by Crippen LogP contribution is 2.10. The molecule has 0 bridgehead atoms. The molecule has 0 radical (unpaired) electrons. The Bertz CT molecular complexity index is 369. The van der Waals surface area contributed by atoms with Gasteiger partial charge in [0.15, 0.2) is 5.96 Å². The molecule has 0 amide bonds. The number of methoxy groups -OCH3 is 1. The number of halogens is 1. The Balaban J connectivity index is 0.00000144. The van der Waals surface area contributed by atoms with Gasteiger partial charge in [-0.15, -0.1) is 35.3 Å². The fraction of sp³-hybridized carbons (Fsp3) is 0.600. The van der Waals surface area contributed by atoms with Crippen molar-refractivity contribution >= 4 is 41.3 Å². The molecule has 1 aliphatic heterocycles. The quantitative estimate of drug-likeness (QED) is 0.788. The minimum absolute atomic E-state index is 0. The summed E-state index contributed by atoms with van der Waals surface area (Å²) in [5, 5.41) is 9.50. The van der Waals surface area contributed by atoms with Crippen LogP contribution in [-0.2, 0) is 17.9 Å². The highest BCUT2D eigenvalue weighted by molar-refractivity contribution is 14.0. The molecule has 1 aliphatic rings. The maximum atomic E-state index is 5.03. The summed E-state index contributed by atoms with van der Waals surface area (Å²) in [6.07, 6.45) is 1.11. The van der Waals surface area contributed by atoms with Crippen LogP contribution in [0.25, 0.3) is 0 Å². The van der Waals surface area contributed by atoms with Crippen LogP contribution in [0.15, 0.2) is 10.4 Å². The molecule has 0 aromatic carbocycles. The molecule has 5 nitrogen and oxygen atoms in total. The van der Waals surface area contributed by atoms with Gasteiger partial charge in [-0.3, -0.25) is 4.99 Å². The lowest BCUT2D eigenvalue weighted by Gasteiger charge is -2.15. The van der Waals surface area contributed by atoms with Crippen LogP contribution in [-0.4, -0.2) is 31.1 Å². The van der Waals surface area contributed by atoms with Gasteiger partial charge in [0.25, 0.3) is 0 Å². The Morgan fingerprint density at radius 1 is 1.59 bits per heavy atom. The van der Waals surface area contributed by atoms with Crippen LogP contribution in [0.4, 0.5) is 0 Å². The van der Waals surface area contributed by atoms with Gasteiger partial charge in [0, 0.05) is 25.6 Å². The lowest BCUT2D eigenvalue weighted by atomic mass is 10.4. The van der Waals surface area contributed by atoms with E-state index in [1.54, 1.807) is 18.4 Å². The highest BCUT2D eigenvalue weighted by Gasteiger charge is 2.05. The molecule has 2 heterocycles. The summed E-state index contributed by atoms with van der Waals surface area (Å²) >= 11 is 1.62. The van der Waals surface area contributed by atoms with Crippen molar-refractivity contribution in [2.75, 3.05) is 20.2 Å². The minimum atomic E-state index is 0. The molecule has 2 N–H and O–H groups in total. The molecule has 0 spiro atoms. The number of hydrogen-bond acceptors (Lipinski definition) is 6. The Morgan fingerprint density at radius 2 is 2.47 bits per heavy atom. The van der Waals surface area contributed by atoms with E-state index in [1.807, 2.05) is 5.38 Å². The molecular formula is C10H17IN4OS. The maximum Gasteiger partial charge on any atom is 0.191 e. The summed E-state index contributed by atoms with van der Waals surface area (Å²) < 4.78 is 5.03. The summed E-state index contributed by atoms with van der Waals surface area (Å²) in [4.78, 5) is 8.77. The number of ether oxygens (including phenoxy) is 1. The number of aromatic nitrogens is 1. The summed E-state index contributed by atoms with van der Waals surface area (Å²) in [6, 6.07) is 0. The molecule has 2 rings (SSSR count). The van der Waals surface area contributed by atoms with Crippen LogP contribution < -0.4 is 10.6 Å². The second-order valence-corrected chi connectivity index (χ2v) is 4.47. The van der Waals surface area contributed by atoms with Crippen LogP contribution in [0, 0.1) is 0 Å². The Kier molecular flexibility index (Phi) is 6.75. The SMILES string of the molecule is COCc1nc(CNC2=NCCCN2)cs1.I. The van der Waals surface area contributed by atoms with Gasteiger partial charge in [-0.25, -0.2) is 4.98 Å². The summed E-state index contributed by atoms with van der Waals surface area (Å²) in [6.45, 7) is 3.20. The first-order valence-electron chi connectivity index (χ1n) is 5.33. The summed E-state index contributed by atoms with van der Waals surface area (Å²) in [7, 11) is 1.68. The lowest BCUT2D eigenvalue weighted by molar-refractivity contribution is 0.184. The van der Waals surface area contributed by atoms with E-state index in [9.17, 15) is 0 Å². The third kappa shape index (κ3) is 4.76. The molecule has 1 aromatic heterocycles. The van der Waals surface area contributed by atoms with Crippen molar-refractivity contribution in [1.82, 2.24) is 15.6 Å². The standard InChI is InChI=1S/C10H16N4OS.HI/c1-15-6-9-14-8(7-16-9)5-13-10-11-3-2-4-12-10;/h7H,2-6H2,1H3,(H2,11,12,13);1H. The van der Waals surface area contributed by atoms with Gasteiger partial charge in [0.2, 0.25) is 0 Å². The molecule has 0 saturated heterocycles. The van der Waals surface area contributed by atoms with Gasteiger partial charge in [-0.1, -0.05) is 0 Å². The summed E-state index contributed by atoms with van der Waals surface area (Å²) in [5.41, 5.74) is 1.03. The smallest absolute Gasteiger partial charge is 0.191 e. The van der Waals surface area contributed by atoms with Gasteiger partial charge in [-0.05, 0) is 6.42 Å². The van der Waals surface area contributed by atoms with Gasteiger partial charge >= 0.3 is 0 Å². The van der Waals surface area contributed by atoms with Gasteiger partial charge < -0.3 is 15.4 Å². The van der Waals surface area contributed by atoms with Crippen LogP contribution in [0.1, 0.15) is 17.1 Å². The molecule has 0 atom stereocenters. The van der Waals surface area contributed by atoms with Crippen molar-refractivity contribution < 1.29 is 4.74 Å². The molecule has 0 unspecified atom stereocenters. The lowest BCUT2D eigenvalue weighted by Crippen LogP contribution is -2.40. The number of nitrogens with one attached hydrogen (secondary N) is 2. The molecule has 7 heteroatoms. The monoisotopic (exact) mass is 368 g/mol. The van der Waals surface area contributed by atoms with Crippen molar-refractivity contribution in [3.8, 4) is 0 Å². The number of hydrogen-bond donors (Lipinski definition) is 2. The van der Waals surface area contributed by atoms with E-state index in [4.69, 9.17) is 4.74 Å². The van der Waals surface area contributed by atoms with Crippen molar-refractivity contribution in [3.05, 3.63) is 16.1 Å². The molecule has 17 heavy (non-hydrogen) atoms. The predicted octanol–water partition coefficient (Wildman–Crippen LogP) is 1.35. The van der Waals surface area contributed by atoms with Gasteiger partial charge in [-0.2, -0.15) is 0 Å². The first-order valence-corrected chi connectivity index (χ1v) is 6.21. The van der Waals surface area contributed by atoms with Crippen molar-refractivity contribution in [1.29, 1.82) is 0 Å². The Hall–Kier alpha value is -0.410. The van der Waals surface area contributed by atoms with Crippen LogP contribution >= 0.6 is 35.3 Å². The minimum Gasteiger partial charge on any atom is -0.378 e. The van der Waals surface area contributed by atoms with Crippen molar-refractivity contribution in [3.63, 3.8) is 0 Å². The van der Waals surface area contributed by atoms with E-state index in [1.165, 1.54) is 0 Å². The fourth-order valence-corrected chi connectivity index (χ4v) is 2.21. The van der Waals surface area contributed by atoms with Crippen molar-refractivity contribution in [2.45, 2.75) is 19.6 Å². The Labute approximate surface area is 122 Å². The van der Waals surface area contributed by atoms with Crippen LogP contribution in [0.2, 0.25) is 0 Å². The summed E-state index contributed by atoms with van der Waals surface area (Å²) in [5.74, 6) is 0.882. The topological polar surface area (TPSA) is 58.5 Å². The maximum absolute atomic E-state index is 5.03. The van der Waals surface area contributed by atoms with E-state index in [-0.39, 0.29) is 24.0 Å². The third-order valence-corrected chi connectivity index (χ3v) is 3.07.